The Labute approximate surface area is 103 Å². The van der Waals surface area contributed by atoms with Gasteiger partial charge in [0, 0.05) is 27.3 Å². The Kier molecular flexibility index (Phi) is 9.40. The number of amides is 1. The van der Waals surface area contributed by atoms with Gasteiger partial charge in [0.2, 0.25) is 5.91 Å². The van der Waals surface area contributed by atoms with Gasteiger partial charge in [-0.2, -0.15) is 5.26 Å². The van der Waals surface area contributed by atoms with Crippen molar-refractivity contribution >= 4 is 5.91 Å². The van der Waals surface area contributed by atoms with Crippen LogP contribution in [0, 0.1) is 17.2 Å². The second-order valence-electron chi connectivity index (χ2n) is 3.78. The molecule has 0 saturated carbocycles. The minimum absolute atomic E-state index is 0.122. The third-order valence-corrected chi connectivity index (χ3v) is 2.47. The highest BCUT2D eigenvalue weighted by molar-refractivity contribution is 5.81. The summed E-state index contributed by atoms with van der Waals surface area (Å²) in [6.45, 7) is 3.91. The molecule has 0 aliphatic rings. The summed E-state index contributed by atoms with van der Waals surface area (Å²) in [7, 11) is 3.18. The molecule has 0 rings (SSSR count). The molecule has 98 valence electrons. The van der Waals surface area contributed by atoms with Crippen molar-refractivity contribution in [1.82, 2.24) is 4.90 Å². The number of carbonyl (C=O) groups excluding carboxylic acids is 1. The second kappa shape index (κ2) is 10.1. The summed E-state index contributed by atoms with van der Waals surface area (Å²) in [4.78, 5) is 13.7. The molecule has 0 aliphatic heterocycles. The van der Waals surface area contributed by atoms with Crippen molar-refractivity contribution in [2.24, 2.45) is 5.92 Å². The van der Waals surface area contributed by atoms with Crippen molar-refractivity contribution in [1.29, 1.82) is 5.26 Å². The Morgan fingerprint density at radius 2 is 1.82 bits per heavy atom. The number of nitriles is 1. The van der Waals surface area contributed by atoms with E-state index < -0.39 is 5.92 Å². The van der Waals surface area contributed by atoms with Crippen LogP contribution in [0.1, 0.15) is 19.8 Å². The van der Waals surface area contributed by atoms with Crippen LogP contribution in [0.4, 0.5) is 0 Å². The number of methoxy groups -OCH3 is 2. The van der Waals surface area contributed by atoms with E-state index in [1.54, 1.807) is 19.1 Å². The van der Waals surface area contributed by atoms with Gasteiger partial charge >= 0.3 is 0 Å². The summed E-state index contributed by atoms with van der Waals surface area (Å²) in [5.74, 6) is -0.669. The highest BCUT2D eigenvalue weighted by Gasteiger charge is 2.22. The van der Waals surface area contributed by atoms with Gasteiger partial charge in [-0.3, -0.25) is 4.79 Å². The number of hydrogen-bond donors (Lipinski definition) is 0. The third-order valence-electron chi connectivity index (χ3n) is 2.47. The molecular formula is C12H22N2O3. The zero-order valence-electron chi connectivity index (χ0n) is 10.9. The lowest BCUT2D eigenvalue weighted by Gasteiger charge is -2.24. The van der Waals surface area contributed by atoms with Crippen molar-refractivity contribution < 1.29 is 14.3 Å². The summed E-state index contributed by atoms with van der Waals surface area (Å²) in [6, 6.07) is 2.06. The summed E-state index contributed by atoms with van der Waals surface area (Å²) in [5, 5.41) is 8.97. The molecule has 0 saturated heterocycles. The zero-order chi connectivity index (χ0) is 13.1. The highest BCUT2D eigenvalue weighted by Crippen LogP contribution is 2.09. The zero-order valence-corrected chi connectivity index (χ0v) is 10.9. The SMILES string of the molecule is CCCC(C#N)C(=O)N(CCOC)CCOC. The maximum absolute atomic E-state index is 12.1. The maximum atomic E-state index is 12.1. The molecule has 0 fully saturated rings. The maximum Gasteiger partial charge on any atom is 0.240 e. The molecule has 1 amide bonds. The quantitative estimate of drug-likeness (QED) is 0.606. The van der Waals surface area contributed by atoms with E-state index >= 15 is 0 Å². The summed E-state index contributed by atoms with van der Waals surface area (Å²) < 4.78 is 9.92. The van der Waals surface area contributed by atoms with Crippen LogP contribution in [-0.2, 0) is 14.3 Å². The Hall–Kier alpha value is -1.12. The van der Waals surface area contributed by atoms with Crippen LogP contribution in [-0.4, -0.2) is 51.3 Å². The second-order valence-corrected chi connectivity index (χ2v) is 3.78. The van der Waals surface area contributed by atoms with E-state index in [0.29, 0.717) is 32.7 Å². The average Bonchev–Trinajstić information content (AvgIpc) is 2.35. The number of nitrogens with zero attached hydrogens (tertiary/aromatic N) is 2. The van der Waals surface area contributed by atoms with Crippen LogP contribution in [0.3, 0.4) is 0 Å². The predicted molar refractivity (Wildman–Crippen MR) is 64.3 cm³/mol. The van der Waals surface area contributed by atoms with Crippen LogP contribution in [0.25, 0.3) is 0 Å². The topological polar surface area (TPSA) is 62.6 Å². The van der Waals surface area contributed by atoms with Gasteiger partial charge in [0.05, 0.1) is 19.3 Å². The normalized spacial score (nSPS) is 11.9. The molecule has 0 bridgehead atoms. The largest absolute Gasteiger partial charge is 0.383 e. The molecular weight excluding hydrogens is 220 g/mol. The first-order valence-electron chi connectivity index (χ1n) is 5.87. The molecule has 0 aromatic rings. The molecule has 5 heteroatoms. The van der Waals surface area contributed by atoms with Gasteiger partial charge < -0.3 is 14.4 Å². The molecule has 0 spiro atoms. The summed E-state index contributed by atoms with van der Waals surface area (Å²) in [6.07, 6.45) is 1.43. The molecule has 0 aromatic carbocycles. The highest BCUT2D eigenvalue weighted by atomic mass is 16.5. The fraction of sp³-hybridized carbons (Fsp3) is 0.833. The van der Waals surface area contributed by atoms with Crippen molar-refractivity contribution in [3.63, 3.8) is 0 Å². The molecule has 5 nitrogen and oxygen atoms in total. The molecule has 1 atom stereocenters. The van der Waals surface area contributed by atoms with E-state index in [9.17, 15) is 4.79 Å². The molecule has 17 heavy (non-hydrogen) atoms. The lowest BCUT2D eigenvalue weighted by Crippen LogP contribution is -2.40. The van der Waals surface area contributed by atoms with Crippen LogP contribution in [0.5, 0.6) is 0 Å². The van der Waals surface area contributed by atoms with Crippen LogP contribution in [0.15, 0.2) is 0 Å². The van der Waals surface area contributed by atoms with Gasteiger partial charge in [-0.1, -0.05) is 13.3 Å². The third kappa shape index (κ3) is 6.25. The Morgan fingerprint density at radius 1 is 1.29 bits per heavy atom. The van der Waals surface area contributed by atoms with Crippen LogP contribution >= 0.6 is 0 Å². The monoisotopic (exact) mass is 242 g/mol. The van der Waals surface area contributed by atoms with Crippen LogP contribution in [0.2, 0.25) is 0 Å². The van der Waals surface area contributed by atoms with Gasteiger partial charge in [-0.25, -0.2) is 0 Å². The summed E-state index contributed by atoms with van der Waals surface area (Å²) >= 11 is 0. The molecule has 0 radical (unpaired) electrons. The van der Waals surface area contributed by atoms with Crippen molar-refractivity contribution in [3.05, 3.63) is 0 Å². The molecule has 0 aliphatic carbocycles. The average molecular weight is 242 g/mol. The van der Waals surface area contributed by atoms with Crippen molar-refractivity contribution in [2.45, 2.75) is 19.8 Å². The smallest absolute Gasteiger partial charge is 0.240 e. The Morgan fingerprint density at radius 3 is 2.18 bits per heavy atom. The van der Waals surface area contributed by atoms with E-state index in [1.165, 1.54) is 0 Å². The predicted octanol–water partition coefficient (Wildman–Crippen LogP) is 1.05. The van der Waals surface area contributed by atoms with E-state index in [-0.39, 0.29) is 5.91 Å². The Balaban J connectivity index is 4.42. The lowest BCUT2D eigenvalue weighted by molar-refractivity contribution is -0.135. The molecule has 0 aromatic heterocycles. The Bertz CT molecular complexity index is 243. The van der Waals surface area contributed by atoms with E-state index in [2.05, 4.69) is 6.07 Å². The number of hydrogen-bond acceptors (Lipinski definition) is 4. The fourth-order valence-corrected chi connectivity index (χ4v) is 1.49. The van der Waals surface area contributed by atoms with Gasteiger partial charge in [0.1, 0.15) is 5.92 Å². The fourth-order valence-electron chi connectivity index (χ4n) is 1.49. The minimum atomic E-state index is -0.547. The van der Waals surface area contributed by atoms with Crippen molar-refractivity contribution in [2.75, 3.05) is 40.5 Å². The lowest BCUT2D eigenvalue weighted by atomic mass is 10.0. The summed E-state index contributed by atoms with van der Waals surface area (Å²) in [5.41, 5.74) is 0. The first-order chi connectivity index (χ1) is 8.21. The van der Waals surface area contributed by atoms with E-state index in [1.807, 2.05) is 6.92 Å². The van der Waals surface area contributed by atoms with Gasteiger partial charge in [-0.05, 0) is 6.42 Å². The molecule has 0 N–H and O–H groups in total. The molecule has 1 unspecified atom stereocenters. The minimum Gasteiger partial charge on any atom is -0.383 e. The van der Waals surface area contributed by atoms with E-state index in [0.717, 1.165) is 6.42 Å². The number of ether oxygens (including phenoxy) is 2. The van der Waals surface area contributed by atoms with Gasteiger partial charge in [0.15, 0.2) is 0 Å². The number of carbonyl (C=O) groups is 1. The standard InChI is InChI=1S/C12H22N2O3/c1-4-5-11(10-13)12(15)14(6-8-16-2)7-9-17-3/h11H,4-9H2,1-3H3. The first kappa shape index (κ1) is 15.9. The van der Waals surface area contributed by atoms with Gasteiger partial charge in [-0.15, -0.1) is 0 Å². The van der Waals surface area contributed by atoms with Gasteiger partial charge in [0.25, 0.3) is 0 Å². The van der Waals surface area contributed by atoms with Crippen molar-refractivity contribution in [3.8, 4) is 6.07 Å². The molecule has 0 heterocycles. The van der Waals surface area contributed by atoms with Crippen LogP contribution < -0.4 is 0 Å². The van der Waals surface area contributed by atoms with E-state index in [4.69, 9.17) is 14.7 Å². The number of rotatable bonds is 9. The first-order valence-corrected chi connectivity index (χ1v) is 5.87.